The Morgan fingerprint density at radius 2 is 2.30 bits per heavy atom. The molecule has 0 spiro atoms. The molecule has 1 saturated carbocycles. The van der Waals surface area contributed by atoms with Gasteiger partial charge < -0.3 is 10.0 Å². The number of fused-ring (bicyclic) bond motifs is 1. The van der Waals surface area contributed by atoms with Crippen LogP contribution in [-0.4, -0.2) is 33.6 Å². The molecule has 0 radical (unpaired) electrons. The number of anilines is 1. The molecular formula is C15H19N3O2. The molecule has 0 aliphatic heterocycles. The van der Waals surface area contributed by atoms with Gasteiger partial charge in [0.05, 0.1) is 0 Å². The third-order valence-corrected chi connectivity index (χ3v) is 4.10. The summed E-state index contributed by atoms with van der Waals surface area (Å²) in [5.74, 6) is 0.352. The number of carbonyl (C=O) groups is 1. The topological polar surface area (TPSA) is 57.8 Å². The van der Waals surface area contributed by atoms with E-state index in [1.807, 2.05) is 25.1 Å². The lowest BCUT2D eigenvalue weighted by atomic mass is 9.85. The number of hydrogen-bond acceptors (Lipinski definition) is 3. The number of carboxylic acids is 1. The van der Waals surface area contributed by atoms with Crippen molar-refractivity contribution in [1.29, 1.82) is 0 Å². The van der Waals surface area contributed by atoms with Crippen molar-refractivity contribution in [2.24, 2.45) is 5.92 Å². The molecule has 2 aromatic rings. The first-order valence-electron chi connectivity index (χ1n) is 7.16. The Hall–Kier alpha value is -2.04. The van der Waals surface area contributed by atoms with Gasteiger partial charge in [0.1, 0.15) is 5.65 Å². The zero-order chi connectivity index (χ0) is 14.1. The molecule has 1 fully saturated rings. The molecule has 0 unspecified atom stereocenters. The maximum Gasteiger partial charge on any atom is 0.356 e. The van der Waals surface area contributed by atoms with Gasteiger partial charge in [-0.15, -0.1) is 0 Å². The van der Waals surface area contributed by atoms with E-state index in [0.717, 1.165) is 13.1 Å². The standard InChI is InChI=1S/C15H19N3O2/c1-2-17(10-11-6-5-7-11)14-13(15(19)20)18-9-4-3-8-12(18)16-14/h3-4,8-9,11H,2,5-7,10H2,1H3,(H,19,20). The Bertz CT molecular complexity index is 631. The zero-order valence-electron chi connectivity index (χ0n) is 11.6. The van der Waals surface area contributed by atoms with Crippen LogP contribution in [0.15, 0.2) is 24.4 Å². The molecule has 2 aromatic heterocycles. The van der Waals surface area contributed by atoms with E-state index in [1.54, 1.807) is 10.6 Å². The second-order valence-electron chi connectivity index (χ2n) is 5.35. The SMILES string of the molecule is CCN(CC1CCC1)c1nc2ccccn2c1C(=O)O. The molecule has 106 valence electrons. The van der Waals surface area contributed by atoms with E-state index >= 15 is 0 Å². The molecule has 1 aliphatic carbocycles. The number of rotatable bonds is 5. The van der Waals surface area contributed by atoms with Crippen LogP contribution in [0.1, 0.15) is 36.7 Å². The predicted octanol–water partition coefficient (Wildman–Crippen LogP) is 2.66. The van der Waals surface area contributed by atoms with Crippen molar-refractivity contribution in [2.75, 3.05) is 18.0 Å². The van der Waals surface area contributed by atoms with Crippen molar-refractivity contribution in [3.63, 3.8) is 0 Å². The van der Waals surface area contributed by atoms with Crippen LogP contribution in [0.3, 0.4) is 0 Å². The predicted molar refractivity (Wildman–Crippen MR) is 77.4 cm³/mol. The first kappa shape index (κ1) is 13.0. The van der Waals surface area contributed by atoms with Gasteiger partial charge in [-0.1, -0.05) is 12.5 Å². The Labute approximate surface area is 117 Å². The molecule has 2 heterocycles. The molecule has 0 saturated heterocycles. The van der Waals surface area contributed by atoms with Crippen LogP contribution in [0.4, 0.5) is 5.82 Å². The van der Waals surface area contributed by atoms with E-state index in [4.69, 9.17) is 0 Å². The maximum atomic E-state index is 11.6. The van der Waals surface area contributed by atoms with E-state index < -0.39 is 5.97 Å². The lowest BCUT2D eigenvalue weighted by Gasteiger charge is -2.32. The van der Waals surface area contributed by atoms with Crippen molar-refractivity contribution in [1.82, 2.24) is 9.38 Å². The van der Waals surface area contributed by atoms with E-state index in [-0.39, 0.29) is 5.69 Å². The van der Waals surface area contributed by atoms with Crippen LogP contribution >= 0.6 is 0 Å². The van der Waals surface area contributed by atoms with Crippen molar-refractivity contribution >= 4 is 17.4 Å². The molecule has 1 N–H and O–H groups in total. The summed E-state index contributed by atoms with van der Waals surface area (Å²) in [7, 11) is 0. The molecule has 1 aliphatic rings. The second-order valence-corrected chi connectivity index (χ2v) is 5.35. The highest BCUT2D eigenvalue weighted by molar-refractivity contribution is 5.93. The van der Waals surface area contributed by atoms with Crippen LogP contribution in [0, 0.1) is 5.92 Å². The minimum atomic E-state index is -0.925. The summed E-state index contributed by atoms with van der Waals surface area (Å²) >= 11 is 0. The highest BCUT2D eigenvalue weighted by Gasteiger charge is 2.26. The van der Waals surface area contributed by atoms with Gasteiger partial charge in [-0.2, -0.15) is 0 Å². The van der Waals surface area contributed by atoms with Crippen LogP contribution in [0.5, 0.6) is 0 Å². The highest BCUT2D eigenvalue weighted by atomic mass is 16.4. The van der Waals surface area contributed by atoms with Gasteiger partial charge in [0.15, 0.2) is 11.5 Å². The molecule has 5 heteroatoms. The summed E-state index contributed by atoms with van der Waals surface area (Å²) in [6, 6.07) is 5.54. The van der Waals surface area contributed by atoms with Gasteiger partial charge in [0, 0.05) is 19.3 Å². The number of nitrogens with zero attached hydrogens (tertiary/aromatic N) is 3. The smallest absolute Gasteiger partial charge is 0.356 e. The van der Waals surface area contributed by atoms with E-state index in [1.165, 1.54) is 19.3 Å². The number of aromatic nitrogens is 2. The fourth-order valence-corrected chi connectivity index (χ4v) is 2.76. The van der Waals surface area contributed by atoms with Crippen molar-refractivity contribution in [3.05, 3.63) is 30.1 Å². The van der Waals surface area contributed by atoms with Crippen LogP contribution in [-0.2, 0) is 0 Å². The monoisotopic (exact) mass is 273 g/mol. The molecule has 5 nitrogen and oxygen atoms in total. The summed E-state index contributed by atoms with van der Waals surface area (Å²) in [5, 5.41) is 9.51. The molecule has 0 bridgehead atoms. The second kappa shape index (κ2) is 5.15. The number of pyridine rings is 1. The first-order chi connectivity index (χ1) is 9.70. The van der Waals surface area contributed by atoms with Crippen LogP contribution in [0.25, 0.3) is 5.65 Å². The van der Waals surface area contributed by atoms with Gasteiger partial charge in [0.25, 0.3) is 0 Å². The lowest BCUT2D eigenvalue weighted by Crippen LogP contribution is -2.33. The Kier molecular flexibility index (Phi) is 3.34. The van der Waals surface area contributed by atoms with E-state index in [2.05, 4.69) is 9.88 Å². The first-order valence-corrected chi connectivity index (χ1v) is 7.16. The fourth-order valence-electron chi connectivity index (χ4n) is 2.76. The maximum absolute atomic E-state index is 11.6. The minimum absolute atomic E-state index is 0.266. The van der Waals surface area contributed by atoms with Crippen molar-refractivity contribution in [3.8, 4) is 0 Å². The van der Waals surface area contributed by atoms with Crippen LogP contribution in [0.2, 0.25) is 0 Å². The average molecular weight is 273 g/mol. The normalized spacial score (nSPS) is 15.2. The number of imidazole rings is 1. The lowest BCUT2D eigenvalue weighted by molar-refractivity contribution is 0.0690. The summed E-state index contributed by atoms with van der Waals surface area (Å²) in [6.07, 6.45) is 5.53. The zero-order valence-corrected chi connectivity index (χ0v) is 11.6. The van der Waals surface area contributed by atoms with Gasteiger partial charge >= 0.3 is 5.97 Å². The number of hydrogen-bond donors (Lipinski definition) is 1. The minimum Gasteiger partial charge on any atom is -0.476 e. The van der Waals surface area contributed by atoms with Crippen molar-refractivity contribution in [2.45, 2.75) is 26.2 Å². The largest absolute Gasteiger partial charge is 0.476 e. The summed E-state index contributed by atoms with van der Waals surface area (Å²) < 4.78 is 1.65. The molecule has 0 amide bonds. The van der Waals surface area contributed by atoms with E-state index in [9.17, 15) is 9.90 Å². The molecule has 0 atom stereocenters. The fraction of sp³-hybridized carbons (Fsp3) is 0.467. The summed E-state index contributed by atoms with van der Waals surface area (Å²) in [5.41, 5.74) is 0.953. The highest BCUT2D eigenvalue weighted by Crippen LogP contribution is 2.30. The summed E-state index contributed by atoms with van der Waals surface area (Å²) in [4.78, 5) is 18.2. The molecular weight excluding hydrogens is 254 g/mol. The Morgan fingerprint density at radius 1 is 1.50 bits per heavy atom. The van der Waals surface area contributed by atoms with Gasteiger partial charge in [-0.3, -0.25) is 4.40 Å². The molecule has 3 rings (SSSR count). The quantitative estimate of drug-likeness (QED) is 0.910. The Balaban J connectivity index is 2.03. The number of carboxylic acid groups (broad SMARTS) is 1. The van der Waals surface area contributed by atoms with Gasteiger partial charge in [-0.25, -0.2) is 9.78 Å². The average Bonchev–Trinajstić information content (AvgIpc) is 2.76. The Morgan fingerprint density at radius 3 is 2.90 bits per heavy atom. The third kappa shape index (κ3) is 2.13. The molecule has 0 aromatic carbocycles. The summed E-state index contributed by atoms with van der Waals surface area (Å²) in [6.45, 7) is 3.73. The van der Waals surface area contributed by atoms with Crippen LogP contribution < -0.4 is 4.90 Å². The number of aromatic carboxylic acids is 1. The van der Waals surface area contributed by atoms with Gasteiger partial charge in [0.2, 0.25) is 0 Å². The third-order valence-electron chi connectivity index (χ3n) is 4.10. The van der Waals surface area contributed by atoms with Crippen molar-refractivity contribution < 1.29 is 9.90 Å². The van der Waals surface area contributed by atoms with E-state index in [0.29, 0.717) is 17.4 Å². The van der Waals surface area contributed by atoms with Gasteiger partial charge in [-0.05, 0) is 37.8 Å². The molecule has 20 heavy (non-hydrogen) atoms.